The summed E-state index contributed by atoms with van der Waals surface area (Å²) in [5.41, 5.74) is -1.17. The molecule has 0 atom stereocenters. The largest absolute Gasteiger partial charge is 0.461 e. The van der Waals surface area contributed by atoms with Crippen molar-refractivity contribution in [1.29, 1.82) is 0 Å². The summed E-state index contributed by atoms with van der Waals surface area (Å²) in [5.74, 6) is -1.71. The van der Waals surface area contributed by atoms with Gasteiger partial charge >= 0.3 is 12.1 Å². The zero-order valence-electron chi connectivity index (χ0n) is 16.8. The van der Waals surface area contributed by atoms with Gasteiger partial charge in [0, 0.05) is 30.5 Å². The van der Waals surface area contributed by atoms with Gasteiger partial charge < -0.3 is 10.1 Å². The van der Waals surface area contributed by atoms with Crippen molar-refractivity contribution in [3.8, 4) is 0 Å². The van der Waals surface area contributed by atoms with Crippen LogP contribution in [0.15, 0.2) is 29.2 Å². The molecule has 1 aliphatic rings. The SMILES string of the molecule is CCOC(=O)c1nnsc1NC(=O)C1CCN(S(=O)(=O)c2cccc(C(F)(F)F)c2)CC1. The third-order valence-electron chi connectivity index (χ3n) is 4.82. The van der Waals surface area contributed by atoms with Crippen molar-refractivity contribution in [2.75, 3.05) is 25.0 Å². The normalized spacial score (nSPS) is 16.0. The summed E-state index contributed by atoms with van der Waals surface area (Å²) in [5, 5.41) is 6.35. The molecule has 3 rings (SSSR count). The van der Waals surface area contributed by atoms with Crippen LogP contribution in [0.1, 0.15) is 35.8 Å². The monoisotopic (exact) mass is 492 g/mol. The summed E-state index contributed by atoms with van der Waals surface area (Å²) in [6.45, 7) is 1.67. The van der Waals surface area contributed by atoms with E-state index in [9.17, 15) is 31.2 Å². The number of benzene rings is 1. The molecule has 174 valence electrons. The van der Waals surface area contributed by atoms with Crippen LogP contribution in [0.2, 0.25) is 0 Å². The number of sulfonamides is 1. The number of nitrogens with one attached hydrogen (secondary N) is 1. The molecule has 0 bridgehead atoms. The van der Waals surface area contributed by atoms with E-state index in [1.807, 2.05) is 0 Å². The number of ether oxygens (including phenoxy) is 1. The number of amides is 1. The number of carbonyl (C=O) groups excluding carboxylic acids is 2. The lowest BCUT2D eigenvalue weighted by atomic mass is 9.97. The molecule has 0 radical (unpaired) electrons. The maximum Gasteiger partial charge on any atom is 0.416 e. The fourth-order valence-electron chi connectivity index (χ4n) is 3.16. The number of rotatable bonds is 6. The first kappa shape index (κ1) is 24.1. The Kier molecular flexibility index (Phi) is 7.15. The second kappa shape index (κ2) is 9.50. The van der Waals surface area contributed by atoms with E-state index in [0.29, 0.717) is 6.07 Å². The number of carbonyl (C=O) groups is 2. The second-order valence-electron chi connectivity index (χ2n) is 6.86. The van der Waals surface area contributed by atoms with E-state index in [0.717, 1.165) is 34.0 Å². The molecular weight excluding hydrogens is 473 g/mol. The molecule has 1 aromatic carbocycles. The number of nitrogens with zero attached hydrogens (tertiary/aromatic N) is 3. The Labute approximate surface area is 185 Å². The van der Waals surface area contributed by atoms with E-state index in [1.165, 1.54) is 0 Å². The smallest absolute Gasteiger partial charge is 0.416 e. The molecule has 1 saturated heterocycles. The molecule has 0 spiro atoms. The van der Waals surface area contributed by atoms with Crippen LogP contribution in [0.4, 0.5) is 18.2 Å². The minimum Gasteiger partial charge on any atom is -0.461 e. The molecule has 0 unspecified atom stereocenters. The predicted molar refractivity (Wildman–Crippen MR) is 107 cm³/mol. The van der Waals surface area contributed by atoms with E-state index >= 15 is 0 Å². The highest BCUT2D eigenvalue weighted by molar-refractivity contribution is 7.89. The van der Waals surface area contributed by atoms with Gasteiger partial charge in [-0.25, -0.2) is 13.2 Å². The number of aromatic nitrogens is 2. The van der Waals surface area contributed by atoms with Crippen LogP contribution in [-0.4, -0.2) is 53.9 Å². The standard InChI is InChI=1S/C18H19F3N4O5S2/c1-2-30-17(27)14-16(31-24-23-14)22-15(26)11-6-8-25(9-7-11)32(28,29)13-5-3-4-12(10-13)18(19,20)21/h3-5,10-11H,2,6-9H2,1H3,(H,22,26). The number of hydrogen-bond donors (Lipinski definition) is 1. The molecule has 1 aromatic heterocycles. The van der Waals surface area contributed by atoms with E-state index in [-0.39, 0.29) is 43.2 Å². The van der Waals surface area contributed by atoms with Crippen molar-refractivity contribution in [3.05, 3.63) is 35.5 Å². The molecule has 1 amide bonds. The molecule has 1 fully saturated rings. The summed E-state index contributed by atoms with van der Waals surface area (Å²) < 4.78 is 73.9. The second-order valence-corrected chi connectivity index (χ2v) is 9.56. The Bertz CT molecular complexity index is 1100. The average molecular weight is 493 g/mol. The van der Waals surface area contributed by atoms with Crippen molar-refractivity contribution < 1.29 is 35.9 Å². The van der Waals surface area contributed by atoms with Gasteiger partial charge in [0.2, 0.25) is 21.6 Å². The van der Waals surface area contributed by atoms with Gasteiger partial charge in [0.15, 0.2) is 5.00 Å². The van der Waals surface area contributed by atoms with Crippen LogP contribution in [0.5, 0.6) is 0 Å². The van der Waals surface area contributed by atoms with E-state index in [1.54, 1.807) is 6.92 Å². The predicted octanol–water partition coefficient (Wildman–Crippen LogP) is 2.77. The molecule has 0 saturated carbocycles. The minimum absolute atomic E-state index is 0.0393. The molecule has 1 N–H and O–H groups in total. The quantitative estimate of drug-likeness (QED) is 0.616. The third kappa shape index (κ3) is 5.24. The lowest BCUT2D eigenvalue weighted by Gasteiger charge is -2.30. The number of halogens is 3. The summed E-state index contributed by atoms with van der Waals surface area (Å²) >= 11 is 0.809. The van der Waals surface area contributed by atoms with Crippen molar-refractivity contribution in [3.63, 3.8) is 0 Å². The van der Waals surface area contributed by atoms with Crippen molar-refractivity contribution >= 4 is 38.4 Å². The zero-order chi connectivity index (χ0) is 23.5. The van der Waals surface area contributed by atoms with E-state index < -0.39 is 44.5 Å². The van der Waals surface area contributed by atoms with E-state index in [4.69, 9.17) is 4.74 Å². The lowest BCUT2D eigenvalue weighted by Crippen LogP contribution is -2.41. The molecule has 14 heteroatoms. The Hall–Kier alpha value is -2.58. The third-order valence-corrected chi connectivity index (χ3v) is 7.35. The number of alkyl halides is 3. The van der Waals surface area contributed by atoms with Gasteiger partial charge in [-0.05, 0) is 38.0 Å². The van der Waals surface area contributed by atoms with Gasteiger partial charge in [-0.1, -0.05) is 10.6 Å². The van der Waals surface area contributed by atoms with Crippen LogP contribution in [-0.2, 0) is 25.7 Å². The molecule has 2 heterocycles. The summed E-state index contributed by atoms with van der Waals surface area (Å²) in [4.78, 5) is 24.0. The van der Waals surface area contributed by atoms with Crippen LogP contribution in [0.3, 0.4) is 0 Å². The lowest BCUT2D eigenvalue weighted by molar-refractivity contribution is -0.137. The first-order chi connectivity index (χ1) is 15.0. The summed E-state index contributed by atoms with van der Waals surface area (Å²) in [6.07, 6.45) is -4.35. The van der Waals surface area contributed by atoms with Crippen LogP contribution < -0.4 is 5.32 Å². The van der Waals surface area contributed by atoms with Gasteiger partial charge in [0.05, 0.1) is 17.1 Å². The average Bonchev–Trinajstić information content (AvgIpc) is 3.21. The fraction of sp³-hybridized carbons (Fsp3) is 0.444. The number of esters is 1. The Morgan fingerprint density at radius 2 is 1.97 bits per heavy atom. The maximum absolute atomic E-state index is 12.9. The Balaban J connectivity index is 1.65. The molecule has 0 aliphatic carbocycles. The zero-order valence-corrected chi connectivity index (χ0v) is 18.4. The number of hydrogen-bond acceptors (Lipinski definition) is 8. The highest BCUT2D eigenvalue weighted by Gasteiger charge is 2.35. The topological polar surface area (TPSA) is 119 Å². The van der Waals surface area contributed by atoms with Crippen molar-refractivity contribution in [1.82, 2.24) is 13.9 Å². The summed E-state index contributed by atoms with van der Waals surface area (Å²) in [6, 6.07) is 3.55. The first-order valence-corrected chi connectivity index (χ1v) is 11.7. The molecule has 9 nitrogen and oxygen atoms in total. The highest BCUT2D eigenvalue weighted by Crippen LogP contribution is 2.32. The van der Waals surface area contributed by atoms with Crippen LogP contribution >= 0.6 is 11.5 Å². The van der Waals surface area contributed by atoms with Crippen molar-refractivity contribution in [2.24, 2.45) is 5.92 Å². The number of anilines is 1. The summed E-state index contributed by atoms with van der Waals surface area (Å²) in [7, 11) is -4.15. The number of piperidine rings is 1. The Morgan fingerprint density at radius 3 is 2.59 bits per heavy atom. The van der Waals surface area contributed by atoms with Gasteiger partial charge in [-0.15, -0.1) is 5.10 Å². The molecule has 32 heavy (non-hydrogen) atoms. The van der Waals surface area contributed by atoms with Crippen molar-refractivity contribution in [2.45, 2.75) is 30.8 Å². The highest BCUT2D eigenvalue weighted by atomic mass is 32.2. The van der Waals surface area contributed by atoms with E-state index in [2.05, 4.69) is 14.9 Å². The molecule has 1 aliphatic heterocycles. The van der Waals surface area contributed by atoms with Crippen LogP contribution in [0.25, 0.3) is 0 Å². The van der Waals surface area contributed by atoms with Gasteiger partial charge in [-0.3, -0.25) is 4.79 Å². The fourth-order valence-corrected chi connectivity index (χ4v) is 5.24. The minimum atomic E-state index is -4.66. The molecular formula is C18H19F3N4O5S2. The first-order valence-electron chi connectivity index (χ1n) is 9.51. The van der Waals surface area contributed by atoms with Gasteiger partial charge in [0.1, 0.15) is 0 Å². The Morgan fingerprint density at radius 1 is 1.28 bits per heavy atom. The van der Waals surface area contributed by atoms with Crippen LogP contribution in [0, 0.1) is 5.92 Å². The van der Waals surface area contributed by atoms with Gasteiger partial charge in [0.25, 0.3) is 0 Å². The maximum atomic E-state index is 12.9. The molecule has 2 aromatic rings. The van der Waals surface area contributed by atoms with Gasteiger partial charge in [-0.2, -0.15) is 17.5 Å².